The van der Waals surface area contributed by atoms with Gasteiger partial charge in [0.25, 0.3) is 0 Å². The summed E-state index contributed by atoms with van der Waals surface area (Å²) in [5.74, 6) is 0.912. The summed E-state index contributed by atoms with van der Waals surface area (Å²) in [4.78, 5) is 15.0. The van der Waals surface area contributed by atoms with E-state index in [0.29, 0.717) is 30.5 Å². The lowest BCUT2D eigenvalue weighted by Crippen LogP contribution is -2.35. The third-order valence-electron chi connectivity index (χ3n) is 7.76. The molecule has 1 aliphatic heterocycles. The van der Waals surface area contributed by atoms with E-state index in [1.165, 1.54) is 38.1 Å². The van der Waals surface area contributed by atoms with E-state index in [0.717, 1.165) is 43.8 Å². The average molecular weight is 528 g/mol. The number of nitrogens with two attached hydrogens (primary N) is 1. The lowest BCUT2D eigenvalue weighted by molar-refractivity contribution is -0.139. The fourth-order valence-electron chi connectivity index (χ4n) is 5.68. The molecule has 2 aromatic heterocycles. The molecule has 0 spiro atoms. The molecule has 7 nitrogen and oxygen atoms in total. The second-order valence-corrected chi connectivity index (χ2v) is 10.1. The first-order chi connectivity index (χ1) is 18.2. The van der Waals surface area contributed by atoms with Crippen molar-refractivity contribution < 1.29 is 17.6 Å². The van der Waals surface area contributed by atoms with E-state index < -0.39 is 17.6 Å². The zero-order valence-electron chi connectivity index (χ0n) is 20.9. The van der Waals surface area contributed by atoms with Crippen molar-refractivity contribution in [3.8, 4) is 17.3 Å². The van der Waals surface area contributed by atoms with Crippen LogP contribution in [0.3, 0.4) is 0 Å². The highest BCUT2D eigenvalue weighted by atomic mass is 19.4. The van der Waals surface area contributed by atoms with Gasteiger partial charge < -0.3 is 15.2 Å². The molecule has 0 bridgehead atoms. The van der Waals surface area contributed by atoms with Crippen LogP contribution in [0.4, 0.5) is 29.2 Å². The third kappa shape index (κ3) is 5.30. The second kappa shape index (κ2) is 10.6. The van der Waals surface area contributed by atoms with Crippen LogP contribution in [0.1, 0.15) is 67.8 Å². The van der Waals surface area contributed by atoms with Crippen molar-refractivity contribution in [2.75, 3.05) is 23.7 Å². The smallest absolute Gasteiger partial charge is 0.382 e. The number of nitrogen functional groups attached to an aromatic ring is 1. The maximum atomic E-state index is 13.9. The molecule has 3 aromatic rings. The Hall–Kier alpha value is -3.68. The summed E-state index contributed by atoms with van der Waals surface area (Å²) in [7, 11) is 0. The van der Waals surface area contributed by atoms with E-state index in [9.17, 15) is 22.8 Å². The molecule has 2 N–H and O–H groups in total. The summed E-state index contributed by atoms with van der Waals surface area (Å²) in [5, 5.41) is 9.50. The van der Waals surface area contributed by atoms with Gasteiger partial charge in [-0.15, -0.1) is 0 Å². The molecule has 200 valence electrons. The Morgan fingerprint density at radius 3 is 2.50 bits per heavy atom. The van der Waals surface area contributed by atoms with Crippen molar-refractivity contribution in [2.45, 2.75) is 63.6 Å². The SMILES string of the molecule is N#Cc1c(N)ncnc1N1CCC(c2nc(-c3ccc(F)c(C(F)(F)F)c3)cn2CCC2CCCC2)CC1. The molecule has 38 heavy (non-hydrogen) atoms. The summed E-state index contributed by atoms with van der Waals surface area (Å²) in [6.07, 6.45) is 5.69. The van der Waals surface area contributed by atoms with Gasteiger partial charge in [0, 0.05) is 37.3 Å². The minimum Gasteiger partial charge on any atom is -0.382 e. The zero-order valence-corrected chi connectivity index (χ0v) is 20.9. The van der Waals surface area contributed by atoms with Crippen LogP contribution in [0.2, 0.25) is 0 Å². The van der Waals surface area contributed by atoms with Crippen molar-refractivity contribution in [2.24, 2.45) is 5.92 Å². The molecule has 0 unspecified atom stereocenters. The Bertz CT molecular complexity index is 1330. The third-order valence-corrected chi connectivity index (χ3v) is 7.76. The van der Waals surface area contributed by atoms with Gasteiger partial charge in [-0.1, -0.05) is 25.7 Å². The molecule has 11 heteroatoms. The van der Waals surface area contributed by atoms with Gasteiger partial charge in [0.05, 0.1) is 11.3 Å². The Balaban J connectivity index is 1.41. The van der Waals surface area contributed by atoms with Crippen molar-refractivity contribution in [1.82, 2.24) is 19.5 Å². The fraction of sp³-hybridized carbons (Fsp3) is 0.481. The van der Waals surface area contributed by atoms with Crippen LogP contribution in [0.15, 0.2) is 30.7 Å². The molecule has 0 atom stereocenters. The highest BCUT2D eigenvalue weighted by Gasteiger charge is 2.35. The van der Waals surface area contributed by atoms with Gasteiger partial charge in [-0.2, -0.15) is 18.4 Å². The zero-order chi connectivity index (χ0) is 26.9. The number of hydrogen-bond donors (Lipinski definition) is 1. The quantitative estimate of drug-likeness (QED) is 0.400. The monoisotopic (exact) mass is 527 g/mol. The highest BCUT2D eigenvalue weighted by Crippen LogP contribution is 2.37. The van der Waals surface area contributed by atoms with Crippen LogP contribution >= 0.6 is 0 Å². The first-order valence-corrected chi connectivity index (χ1v) is 12.9. The average Bonchev–Trinajstić information content (AvgIpc) is 3.57. The maximum Gasteiger partial charge on any atom is 0.419 e. The maximum absolute atomic E-state index is 13.9. The number of alkyl halides is 3. The first kappa shape index (κ1) is 25.9. The highest BCUT2D eigenvalue weighted by molar-refractivity contribution is 5.63. The molecular formula is C27H29F4N7. The fourth-order valence-corrected chi connectivity index (χ4v) is 5.68. The summed E-state index contributed by atoms with van der Waals surface area (Å²) in [6, 6.07) is 5.13. The molecule has 2 aliphatic rings. The molecule has 0 radical (unpaired) electrons. The molecule has 1 aromatic carbocycles. The predicted octanol–water partition coefficient (Wildman–Crippen LogP) is 5.92. The Labute approximate surface area is 218 Å². The van der Waals surface area contributed by atoms with Crippen LogP contribution in [0.25, 0.3) is 11.3 Å². The lowest BCUT2D eigenvalue weighted by Gasteiger charge is -2.33. The first-order valence-electron chi connectivity index (χ1n) is 12.9. The number of hydrogen-bond acceptors (Lipinski definition) is 6. The van der Waals surface area contributed by atoms with Crippen molar-refractivity contribution in [3.63, 3.8) is 0 Å². The van der Waals surface area contributed by atoms with E-state index in [4.69, 9.17) is 10.7 Å². The summed E-state index contributed by atoms with van der Waals surface area (Å²) in [6.45, 7) is 1.98. The minimum absolute atomic E-state index is 0.0795. The number of imidazole rings is 1. The van der Waals surface area contributed by atoms with Gasteiger partial charge in [-0.3, -0.25) is 0 Å². The van der Waals surface area contributed by atoms with Gasteiger partial charge in [0.1, 0.15) is 35.4 Å². The van der Waals surface area contributed by atoms with E-state index in [1.807, 2.05) is 11.1 Å². The minimum atomic E-state index is -4.78. The van der Waals surface area contributed by atoms with Gasteiger partial charge >= 0.3 is 6.18 Å². The number of nitrogens with zero attached hydrogens (tertiary/aromatic N) is 6. The molecule has 1 saturated heterocycles. The number of nitriles is 1. The second-order valence-electron chi connectivity index (χ2n) is 10.1. The van der Waals surface area contributed by atoms with Gasteiger partial charge in [-0.25, -0.2) is 19.3 Å². The van der Waals surface area contributed by atoms with Crippen molar-refractivity contribution in [1.29, 1.82) is 5.26 Å². The van der Waals surface area contributed by atoms with Crippen LogP contribution < -0.4 is 10.6 Å². The van der Waals surface area contributed by atoms with Gasteiger partial charge in [0.15, 0.2) is 5.82 Å². The van der Waals surface area contributed by atoms with E-state index in [1.54, 1.807) is 0 Å². The largest absolute Gasteiger partial charge is 0.419 e. The summed E-state index contributed by atoms with van der Waals surface area (Å²) in [5.41, 5.74) is 5.48. The van der Waals surface area contributed by atoms with Gasteiger partial charge in [-0.05, 0) is 43.4 Å². The van der Waals surface area contributed by atoms with Crippen LogP contribution in [0.5, 0.6) is 0 Å². The van der Waals surface area contributed by atoms with E-state index in [2.05, 4.69) is 20.6 Å². The van der Waals surface area contributed by atoms with Crippen molar-refractivity contribution >= 4 is 11.6 Å². The summed E-state index contributed by atoms with van der Waals surface area (Å²) < 4.78 is 56.1. The molecule has 1 saturated carbocycles. The number of halogens is 4. The number of piperidine rings is 1. The molecule has 5 rings (SSSR count). The van der Waals surface area contributed by atoms with Crippen LogP contribution in [-0.2, 0) is 12.7 Å². The van der Waals surface area contributed by atoms with Crippen molar-refractivity contribution in [3.05, 3.63) is 53.5 Å². The normalized spacial score (nSPS) is 17.2. The number of aryl methyl sites for hydroxylation is 1. The topological polar surface area (TPSA) is 96.7 Å². The molecular weight excluding hydrogens is 498 g/mol. The van der Waals surface area contributed by atoms with Crippen LogP contribution in [-0.4, -0.2) is 32.6 Å². The molecule has 2 fully saturated rings. The Morgan fingerprint density at radius 1 is 1.08 bits per heavy atom. The molecule has 1 aliphatic carbocycles. The summed E-state index contributed by atoms with van der Waals surface area (Å²) >= 11 is 0. The Kier molecular flexibility index (Phi) is 7.23. The number of anilines is 2. The van der Waals surface area contributed by atoms with E-state index >= 15 is 0 Å². The predicted molar refractivity (Wildman–Crippen MR) is 135 cm³/mol. The Morgan fingerprint density at radius 2 is 1.82 bits per heavy atom. The number of benzene rings is 1. The number of rotatable bonds is 6. The lowest BCUT2D eigenvalue weighted by atomic mass is 9.95. The van der Waals surface area contributed by atoms with Gasteiger partial charge in [0.2, 0.25) is 0 Å². The number of aromatic nitrogens is 4. The molecule has 3 heterocycles. The van der Waals surface area contributed by atoms with Crippen LogP contribution in [0, 0.1) is 23.1 Å². The molecule has 0 amide bonds. The van der Waals surface area contributed by atoms with E-state index in [-0.39, 0.29) is 22.9 Å². The standard InChI is InChI=1S/C27H29F4N7/c28-22-6-5-19(13-21(22)27(29,30)31)23-15-38(10-7-17-3-1-2-4-17)25(36-23)18-8-11-37(12-9-18)26-20(14-32)24(33)34-16-35-26/h5-6,13,15-18H,1-4,7-12H2,(H2,33,34,35).